The fourth-order valence-electron chi connectivity index (χ4n) is 5.35. The number of sulfonamides is 1. The van der Waals surface area contributed by atoms with Crippen LogP contribution < -0.4 is 14.2 Å². The van der Waals surface area contributed by atoms with Crippen molar-refractivity contribution in [2.24, 2.45) is 0 Å². The van der Waals surface area contributed by atoms with E-state index in [-0.39, 0.29) is 22.2 Å². The molecule has 3 heterocycles. The maximum atomic E-state index is 13.4. The second-order valence-corrected chi connectivity index (χ2v) is 12.3. The standard InChI is InChI=1S/C33H33N5O5S/c1-42-30-21-26(13-14-27(30)36-44(40,41)31-12-4-9-25-10-5-16-35-32(25)31)33(39)38-19-17-37(18-20-38)22-28-29(11-6-15-34-28)43-23-24-7-2-3-8-24/h2-7,9-16,21,36H,8,17-20,22-23H2,1H3. The Kier molecular flexibility index (Phi) is 8.58. The molecule has 11 heteroatoms. The van der Waals surface area contributed by atoms with Crippen molar-refractivity contribution in [1.82, 2.24) is 19.8 Å². The number of aromatic nitrogens is 2. The summed E-state index contributed by atoms with van der Waals surface area (Å²) in [5, 5.41) is 0.715. The van der Waals surface area contributed by atoms with Gasteiger partial charge in [-0.05, 0) is 54.5 Å². The Morgan fingerprint density at radius 1 is 0.955 bits per heavy atom. The van der Waals surface area contributed by atoms with Crippen molar-refractivity contribution in [2.45, 2.75) is 17.9 Å². The Bertz CT molecular complexity index is 1840. The molecule has 2 aromatic carbocycles. The number of pyridine rings is 2. The van der Waals surface area contributed by atoms with Crippen LogP contribution in [-0.2, 0) is 16.6 Å². The molecular weight excluding hydrogens is 578 g/mol. The molecule has 226 valence electrons. The van der Waals surface area contributed by atoms with Gasteiger partial charge in [0.05, 0.1) is 24.0 Å². The molecule has 0 atom stereocenters. The molecule has 1 N–H and O–H groups in total. The normalized spacial score (nSPS) is 15.3. The first-order valence-corrected chi connectivity index (χ1v) is 15.9. The number of amides is 1. The third-order valence-electron chi connectivity index (χ3n) is 7.72. The van der Waals surface area contributed by atoms with Gasteiger partial charge in [0.15, 0.2) is 0 Å². The fourth-order valence-corrected chi connectivity index (χ4v) is 6.60. The Morgan fingerprint density at radius 2 is 1.75 bits per heavy atom. The molecule has 1 fully saturated rings. The maximum absolute atomic E-state index is 13.4. The number of carbonyl (C=O) groups excluding carboxylic acids is 1. The Morgan fingerprint density at radius 3 is 2.55 bits per heavy atom. The van der Waals surface area contributed by atoms with Gasteiger partial charge < -0.3 is 14.4 Å². The summed E-state index contributed by atoms with van der Waals surface area (Å²) in [6.07, 6.45) is 10.5. The third-order valence-corrected chi connectivity index (χ3v) is 9.12. The van der Waals surface area contributed by atoms with Crippen molar-refractivity contribution in [2.75, 3.05) is 44.6 Å². The number of methoxy groups -OCH3 is 1. The molecule has 1 saturated heterocycles. The van der Waals surface area contributed by atoms with Crippen LogP contribution in [-0.4, -0.2) is 74.0 Å². The molecule has 2 aromatic heterocycles. The quantitative estimate of drug-likeness (QED) is 0.276. The Balaban J connectivity index is 1.09. The number of hydrogen-bond acceptors (Lipinski definition) is 8. The second kappa shape index (κ2) is 12.9. The number of hydrogen-bond donors (Lipinski definition) is 1. The topological polar surface area (TPSA) is 114 Å². The van der Waals surface area contributed by atoms with Crippen molar-refractivity contribution in [3.05, 3.63) is 108 Å². The summed E-state index contributed by atoms with van der Waals surface area (Å²) in [6.45, 7) is 3.63. The van der Waals surface area contributed by atoms with Crippen molar-refractivity contribution in [3.8, 4) is 11.5 Å². The van der Waals surface area contributed by atoms with Gasteiger partial charge in [0.1, 0.15) is 23.0 Å². The lowest BCUT2D eigenvalue weighted by atomic mass is 10.1. The van der Waals surface area contributed by atoms with Gasteiger partial charge in [-0.1, -0.05) is 36.4 Å². The Hall–Kier alpha value is -4.74. The van der Waals surface area contributed by atoms with E-state index in [1.165, 1.54) is 18.7 Å². The third kappa shape index (κ3) is 6.43. The lowest BCUT2D eigenvalue weighted by molar-refractivity contribution is 0.0625. The van der Waals surface area contributed by atoms with Gasteiger partial charge in [-0.15, -0.1) is 0 Å². The van der Waals surface area contributed by atoms with E-state index in [4.69, 9.17) is 9.47 Å². The fraction of sp³-hybridized carbons (Fsp3) is 0.242. The lowest BCUT2D eigenvalue weighted by Gasteiger charge is -2.34. The van der Waals surface area contributed by atoms with E-state index in [9.17, 15) is 13.2 Å². The molecule has 2 aliphatic rings. The van der Waals surface area contributed by atoms with E-state index in [0.29, 0.717) is 55.8 Å². The summed E-state index contributed by atoms with van der Waals surface area (Å²) in [4.78, 5) is 26.4. The van der Waals surface area contributed by atoms with Crippen LogP contribution in [0.25, 0.3) is 10.9 Å². The number of fused-ring (bicyclic) bond motifs is 1. The van der Waals surface area contributed by atoms with Crippen LogP contribution in [0, 0.1) is 0 Å². The average Bonchev–Trinajstić information content (AvgIpc) is 3.58. The first kappa shape index (κ1) is 29.3. The number of nitrogens with one attached hydrogen (secondary N) is 1. The minimum absolute atomic E-state index is 0.0589. The van der Waals surface area contributed by atoms with Crippen LogP contribution in [0.4, 0.5) is 5.69 Å². The van der Waals surface area contributed by atoms with Gasteiger partial charge in [0.2, 0.25) is 0 Å². The molecular formula is C33H33N5O5S. The highest BCUT2D eigenvalue weighted by molar-refractivity contribution is 7.93. The van der Waals surface area contributed by atoms with E-state index in [2.05, 4.69) is 31.7 Å². The highest BCUT2D eigenvalue weighted by Gasteiger charge is 2.25. The molecule has 4 aromatic rings. The van der Waals surface area contributed by atoms with Gasteiger partial charge in [0.25, 0.3) is 15.9 Å². The monoisotopic (exact) mass is 611 g/mol. The highest BCUT2D eigenvalue weighted by atomic mass is 32.2. The molecule has 1 amide bonds. The van der Waals surface area contributed by atoms with Crippen LogP contribution in [0.3, 0.4) is 0 Å². The minimum Gasteiger partial charge on any atom is -0.495 e. The number of nitrogens with zero attached hydrogens (tertiary/aromatic N) is 4. The summed E-state index contributed by atoms with van der Waals surface area (Å²) in [6, 6.07) is 17.1. The van der Waals surface area contributed by atoms with Gasteiger partial charge in [-0.3, -0.25) is 24.4 Å². The van der Waals surface area contributed by atoms with Crippen LogP contribution >= 0.6 is 0 Å². The minimum atomic E-state index is -3.98. The van der Waals surface area contributed by atoms with Crippen molar-refractivity contribution < 1.29 is 22.7 Å². The van der Waals surface area contributed by atoms with E-state index >= 15 is 0 Å². The summed E-state index contributed by atoms with van der Waals surface area (Å²) in [7, 11) is -2.54. The number of benzene rings is 2. The molecule has 10 nitrogen and oxygen atoms in total. The number of carbonyl (C=O) groups is 1. The highest BCUT2D eigenvalue weighted by Crippen LogP contribution is 2.30. The molecule has 1 aliphatic heterocycles. The number of ether oxygens (including phenoxy) is 2. The molecule has 44 heavy (non-hydrogen) atoms. The summed E-state index contributed by atoms with van der Waals surface area (Å²) < 4.78 is 40.8. The summed E-state index contributed by atoms with van der Waals surface area (Å²) >= 11 is 0. The summed E-state index contributed by atoms with van der Waals surface area (Å²) in [5.74, 6) is 0.882. The maximum Gasteiger partial charge on any atom is 0.264 e. The van der Waals surface area contributed by atoms with Crippen LogP contribution in [0.5, 0.6) is 11.5 Å². The van der Waals surface area contributed by atoms with Crippen molar-refractivity contribution in [3.63, 3.8) is 0 Å². The van der Waals surface area contributed by atoms with E-state index < -0.39 is 10.0 Å². The SMILES string of the molecule is COc1cc(C(=O)N2CCN(Cc3ncccc3OCC3=CC=CC3)CC2)ccc1NS(=O)(=O)c1cccc2cccnc12. The molecule has 6 rings (SSSR count). The van der Waals surface area contributed by atoms with E-state index in [0.717, 1.165) is 17.9 Å². The van der Waals surface area contributed by atoms with Crippen molar-refractivity contribution >= 4 is 32.5 Å². The van der Waals surface area contributed by atoms with Gasteiger partial charge >= 0.3 is 0 Å². The summed E-state index contributed by atoms with van der Waals surface area (Å²) in [5.41, 5.74) is 3.13. The van der Waals surface area contributed by atoms with E-state index in [1.54, 1.807) is 59.8 Å². The Labute approximate surface area is 256 Å². The molecule has 1 aliphatic carbocycles. The van der Waals surface area contributed by atoms with Crippen LogP contribution in [0.2, 0.25) is 0 Å². The first-order chi connectivity index (χ1) is 21.4. The van der Waals surface area contributed by atoms with Crippen LogP contribution in [0.15, 0.2) is 102 Å². The molecule has 0 unspecified atom stereocenters. The predicted molar refractivity (Wildman–Crippen MR) is 168 cm³/mol. The van der Waals surface area contributed by atoms with E-state index in [1.807, 2.05) is 18.2 Å². The molecule has 0 saturated carbocycles. The van der Waals surface area contributed by atoms with Gasteiger partial charge in [-0.25, -0.2) is 8.42 Å². The average molecular weight is 612 g/mol. The molecule has 0 bridgehead atoms. The number of piperazine rings is 1. The number of rotatable bonds is 10. The van der Waals surface area contributed by atoms with Crippen molar-refractivity contribution in [1.29, 1.82) is 0 Å². The molecule has 0 spiro atoms. The van der Waals surface area contributed by atoms with Gasteiger partial charge in [0, 0.05) is 56.1 Å². The zero-order chi connectivity index (χ0) is 30.5. The number of anilines is 1. The molecule has 0 radical (unpaired) electrons. The lowest BCUT2D eigenvalue weighted by Crippen LogP contribution is -2.48. The smallest absolute Gasteiger partial charge is 0.264 e. The first-order valence-electron chi connectivity index (χ1n) is 14.4. The second-order valence-electron chi connectivity index (χ2n) is 10.6. The largest absolute Gasteiger partial charge is 0.495 e. The number of allylic oxidation sites excluding steroid dienone is 3. The van der Waals surface area contributed by atoms with Gasteiger partial charge in [-0.2, -0.15) is 0 Å². The number of para-hydroxylation sites is 1. The zero-order valence-electron chi connectivity index (χ0n) is 24.3. The van der Waals surface area contributed by atoms with Crippen LogP contribution in [0.1, 0.15) is 22.5 Å². The predicted octanol–water partition coefficient (Wildman–Crippen LogP) is 4.66. The zero-order valence-corrected chi connectivity index (χ0v) is 25.2.